The Morgan fingerprint density at radius 2 is 1.96 bits per heavy atom. The van der Waals surface area contributed by atoms with Crippen LogP contribution in [0.3, 0.4) is 0 Å². The van der Waals surface area contributed by atoms with E-state index in [1.54, 1.807) is 6.20 Å². The largest absolute Gasteiger partial charge is 0.487 e. The van der Waals surface area contributed by atoms with Crippen LogP contribution >= 0.6 is 0 Å². The number of aromatic nitrogens is 1. The number of rotatable bonds is 4. The number of benzene rings is 2. The van der Waals surface area contributed by atoms with Crippen molar-refractivity contribution in [1.29, 1.82) is 0 Å². The minimum atomic E-state index is 0.328. The van der Waals surface area contributed by atoms with Crippen LogP contribution in [0.2, 0.25) is 0 Å². The molecular weight excluding hydrogens is 346 g/mol. The zero-order valence-electron chi connectivity index (χ0n) is 15.7. The molecule has 28 heavy (non-hydrogen) atoms. The Kier molecular flexibility index (Phi) is 4.34. The van der Waals surface area contributed by atoms with Crippen LogP contribution in [0.25, 0.3) is 16.8 Å². The fourth-order valence-electron chi connectivity index (χ4n) is 4.22. The van der Waals surface area contributed by atoms with Crippen molar-refractivity contribution in [3.63, 3.8) is 0 Å². The molecule has 0 amide bonds. The molecule has 2 aromatic carbocycles. The first-order chi connectivity index (χ1) is 13.8. The second kappa shape index (κ2) is 7.13. The fourth-order valence-corrected chi connectivity index (χ4v) is 4.22. The van der Waals surface area contributed by atoms with Gasteiger partial charge < -0.3 is 15.4 Å². The van der Waals surface area contributed by atoms with Gasteiger partial charge in [0.15, 0.2) is 0 Å². The summed E-state index contributed by atoms with van der Waals surface area (Å²) in [6, 6.07) is 19.5. The van der Waals surface area contributed by atoms with Crippen molar-refractivity contribution in [2.45, 2.75) is 18.6 Å². The van der Waals surface area contributed by atoms with E-state index in [0.717, 1.165) is 35.7 Å². The van der Waals surface area contributed by atoms with Crippen LogP contribution in [0.1, 0.15) is 22.6 Å². The molecule has 2 N–H and O–H groups in total. The van der Waals surface area contributed by atoms with E-state index in [9.17, 15) is 0 Å². The van der Waals surface area contributed by atoms with Crippen molar-refractivity contribution in [2.75, 3.05) is 13.1 Å². The zero-order valence-corrected chi connectivity index (χ0v) is 15.7. The van der Waals surface area contributed by atoms with E-state index in [1.807, 2.05) is 12.3 Å². The first-order valence-corrected chi connectivity index (χ1v) is 9.71. The summed E-state index contributed by atoms with van der Waals surface area (Å²) in [5, 5.41) is 7.17. The second-order valence-corrected chi connectivity index (χ2v) is 7.44. The molecular formula is C24H23N3O. The second-order valence-electron chi connectivity index (χ2n) is 7.44. The molecule has 2 aliphatic heterocycles. The Labute approximate surface area is 165 Å². The van der Waals surface area contributed by atoms with Crippen molar-refractivity contribution in [3.8, 4) is 16.9 Å². The number of fused-ring (bicyclic) bond motifs is 3. The van der Waals surface area contributed by atoms with Gasteiger partial charge in [-0.05, 0) is 34.4 Å². The van der Waals surface area contributed by atoms with E-state index >= 15 is 0 Å². The van der Waals surface area contributed by atoms with Crippen LogP contribution in [-0.4, -0.2) is 24.1 Å². The van der Waals surface area contributed by atoms with Gasteiger partial charge in [0.1, 0.15) is 12.4 Å². The van der Waals surface area contributed by atoms with Gasteiger partial charge in [-0.1, -0.05) is 49.0 Å². The van der Waals surface area contributed by atoms with E-state index < -0.39 is 0 Å². The van der Waals surface area contributed by atoms with Gasteiger partial charge in [-0.3, -0.25) is 4.98 Å². The standard InChI is InChI=1S/C24H23N3O/c1-16(27-23-13-26-12-22(23)17-5-3-2-4-6-17)18-7-8-20-19(11-18)15-28-24-14-25-10-9-21(20)24/h2-11,14,22-23,26-27H,1,12-13,15H2/t22-,23+/m0/s1. The molecule has 1 aromatic heterocycles. The van der Waals surface area contributed by atoms with Crippen LogP contribution in [0.5, 0.6) is 5.75 Å². The summed E-state index contributed by atoms with van der Waals surface area (Å²) >= 11 is 0. The predicted octanol–water partition coefficient (Wildman–Crippen LogP) is 3.96. The van der Waals surface area contributed by atoms with Gasteiger partial charge in [-0.25, -0.2) is 0 Å². The summed E-state index contributed by atoms with van der Waals surface area (Å²) in [6.45, 7) is 6.80. The van der Waals surface area contributed by atoms with Crippen LogP contribution in [-0.2, 0) is 6.61 Å². The Morgan fingerprint density at radius 1 is 1.07 bits per heavy atom. The van der Waals surface area contributed by atoms with Crippen molar-refractivity contribution in [1.82, 2.24) is 15.6 Å². The van der Waals surface area contributed by atoms with E-state index in [0.29, 0.717) is 18.6 Å². The molecule has 5 rings (SSSR count). The van der Waals surface area contributed by atoms with Crippen molar-refractivity contribution in [2.24, 2.45) is 0 Å². The highest BCUT2D eigenvalue weighted by atomic mass is 16.5. The fraction of sp³-hybridized carbons (Fsp3) is 0.208. The van der Waals surface area contributed by atoms with Gasteiger partial charge in [0.05, 0.1) is 6.20 Å². The van der Waals surface area contributed by atoms with Crippen LogP contribution in [0, 0.1) is 0 Å². The minimum Gasteiger partial charge on any atom is -0.487 e. The third-order valence-corrected chi connectivity index (χ3v) is 5.71. The normalized spacial score (nSPS) is 20.0. The first kappa shape index (κ1) is 17.0. The van der Waals surface area contributed by atoms with Gasteiger partial charge in [0, 0.05) is 42.5 Å². The molecule has 140 valence electrons. The Morgan fingerprint density at radius 3 is 2.86 bits per heavy atom. The molecule has 4 heteroatoms. The number of nitrogens with one attached hydrogen (secondary N) is 2. The molecule has 0 bridgehead atoms. The van der Waals surface area contributed by atoms with E-state index in [1.165, 1.54) is 16.7 Å². The smallest absolute Gasteiger partial charge is 0.145 e. The van der Waals surface area contributed by atoms with E-state index in [2.05, 4.69) is 70.7 Å². The molecule has 2 atom stereocenters. The number of nitrogens with zero attached hydrogens (tertiary/aromatic N) is 1. The third kappa shape index (κ3) is 3.06. The summed E-state index contributed by atoms with van der Waals surface area (Å²) in [5.41, 5.74) is 6.93. The minimum absolute atomic E-state index is 0.328. The number of hydrogen-bond acceptors (Lipinski definition) is 4. The van der Waals surface area contributed by atoms with Crippen molar-refractivity contribution >= 4 is 5.70 Å². The number of hydrogen-bond donors (Lipinski definition) is 2. The zero-order chi connectivity index (χ0) is 18.9. The molecule has 0 spiro atoms. The predicted molar refractivity (Wildman–Crippen MR) is 112 cm³/mol. The van der Waals surface area contributed by atoms with Crippen molar-refractivity contribution in [3.05, 3.63) is 90.3 Å². The highest BCUT2D eigenvalue weighted by molar-refractivity contribution is 5.77. The summed E-state index contributed by atoms with van der Waals surface area (Å²) in [5.74, 6) is 1.29. The van der Waals surface area contributed by atoms with Gasteiger partial charge in [-0.2, -0.15) is 0 Å². The monoisotopic (exact) mass is 369 g/mol. The van der Waals surface area contributed by atoms with E-state index in [-0.39, 0.29) is 0 Å². The molecule has 1 fully saturated rings. The van der Waals surface area contributed by atoms with Crippen LogP contribution in [0.15, 0.2) is 73.6 Å². The maximum Gasteiger partial charge on any atom is 0.145 e. The maximum atomic E-state index is 5.87. The van der Waals surface area contributed by atoms with Gasteiger partial charge in [0.25, 0.3) is 0 Å². The lowest BCUT2D eigenvalue weighted by atomic mass is 9.93. The molecule has 0 saturated carbocycles. The number of pyridine rings is 1. The molecule has 0 aliphatic carbocycles. The Bertz CT molecular complexity index is 1020. The SMILES string of the molecule is C=C(N[C@@H]1CNC[C@H]1c1ccccc1)c1ccc2c(c1)COc1cnccc1-2. The lowest BCUT2D eigenvalue weighted by molar-refractivity contribution is 0.301. The summed E-state index contributed by atoms with van der Waals surface area (Å²) in [7, 11) is 0. The Balaban J connectivity index is 1.37. The summed E-state index contributed by atoms with van der Waals surface area (Å²) in [4.78, 5) is 4.15. The molecule has 4 nitrogen and oxygen atoms in total. The topological polar surface area (TPSA) is 46.2 Å². The van der Waals surface area contributed by atoms with Crippen LogP contribution in [0.4, 0.5) is 0 Å². The van der Waals surface area contributed by atoms with Crippen molar-refractivity contribution < 1.29 is 4.74 Å². The summed E-state index contributed by atoms with van der Waals surface area (Å²) in [6.07, 6.45) is 3.59. The lowest BCUT2D eigenvalue weighted by Crippen LogP contribution is -2.33. The quantitative estimate of drug-likeness (QED) is 0.731. The third-order valence-electron chi connectivity index (χ3n) is 5.71. The molecule has 3 heterocycles. The average molecular weight is 369 g/mol. The molecule has 3 aromatic rings. The Hall–Kier alpha value is -3.11. The van der Waals surface area contributed by atoms with Gasteiger partial charge in [-0.15, -0.1) is 0 Å². The molecule has 0 unspecified atom stereocenters. The molecule has 1 saturated heterocycles. The first-order valence-electron chi connectivity index (χ1n) is 9.71. The lowest BCUT2D eigenvalue weighted by Gasteiger charge is -2.24. The van der Waals surface area contributed by atoms with Crippen LogP contribution < -0.4 is 15.4 Å². The molecule has 0 radical (unpaired) electrons. The average Bonchev–Trinajstić information content (AvgIpc) is 3.22. The van der Waals surface area contributed by atoms with Gasteiger partial charge >= 0.3 is 0 Å². The summed E-state index contributed by atoms with van der Waals surface area (Å²) < 4.78 is 5.87. The van der Waals surface area contributed by atoms with Gasteiger partial charge in [0.2, 0.25) is 0 Å². The number of ether oxygens (including phenoxy) is 1. The maximum absolute atomic E-state index is 5.87. The highest BCUT2D eigenvalue weighted by Gasteiger charge is 2.28. The molecule has 2 aliphatic rings. The highest BCUT2D eigenvalue weighted by Crippen LogP contribution is 2.37. The van der Waals surface area contributed by atoms with E-state index in [4.69, 9.17) is 4.74 Å².